The van der Waals surface area contributed by atoms with Gasteiger partial charge in [0.25, 0.3) is 5.56 Å². The Labute approximate surface area is 109 Å². The molecule has 0 fully saturated rings. The zero-order chi connectivity index (χ0) is 14.2. The number of benzene rings is 1. The number of rotatable bonds is 2. The van der Waals surface area contributed by atoms with Crippen molar-refractivity contribution in [3.05, 3.63) is 51.1 Å². The van der Waals surface area contributed by atoms with Crippen molar-refractivity contribution < 1.29 is 8.78 Å². The Kier molecular flexibility index (Phi) is 3.46. The summed E-state index contributed by atoms with van der Waals surface area (Å²) in [6.45, 7) is 4.85. The van der Waals surface area contributed by atoms with E-state index >= 15 is 0 Å². The molecule has 100 valence electrons. The summed E-state index contributed by atoms with van der Waals surface area (Å²) in [5.41, 5.74) is -0.0173. The molecule has 5 heteroatoms. The molecular formula is C14H14F2N2O. The maximum Gasteiger partial charge on any atom is 0.254 e. The van der Waals surface area contributed by atoms with Gasteiger partial charge in [0.2, 0.25) is 0 Å². The van der Waals surface area contributed by atoms with Crippen LogP contribution in [0.5, 0.6) is 0 Å². The molecule has 2 rings (SSSR count). The lowest BCUT2D eigenvalue weighted by molar-refractivity contribution is 0.582. The third-order valence-corrected chi connectivity index (χ3v) is 3.06. The molecule has 0 aliphatic carbocycles. The molecule has 1 heterocycles. The van der Waals surface area contributed by atoms with Crippen molar-refractivity contribution in [3.8, 4) is 11.3 Å². The van der Waals surface area contributed by atoms with Gasteiger partial charge in [0.15, 0.2) is 0 Å². The number of aryl methyl sites for hydroxylation is 2. The summed E-state index contributed by atoms with van der Waals surface area (Å²) in [5, 5.41) is 0. The molecule has 0 aliphatic heterocycles. The highest BCUT2D eigenvalue weighted by atomic mass is 19.1. The highest BCUT2D eigenvalue weighted by Crippen LogP contribution is 2.27. The van der Waals surface area contributed by atoms with E-state index < -0.39 is 11.6 Å². The van der Waals surface area contributed by atoms with Crippen LogP contribution in [0.25, 0.3) is 11.3 Å². The van der Waals surface area contributed by atoms with Gasteiger partial charge in [-0.15, -0.1) is 0 Å². The second kappa shape index (κ2) is 4.91. The first-order chi connectivity index (χ1) is 8.95. The minimum absolute atomic E-state index is 0.0688. The van der Waals surface area contributed by atoms with E-state index in [-0.39, 0.29) is 22.4 Å². The third kappa shape index (κ3) is 2.28. The van der Waals surface area contributed by atoms with Gasteiger partial charge in [-0.1, -0.05) is 13.0 Å². The van der Waals surface area contributed by atoms with Crippen LogP contribution in [-0.2, 0) is 6.42 Å². The van der Waals surface area contributed by atoms with Gasteiger partial charge in [-0.3, -0.25) is 4.79 Å². The molecule has 0 atom stereocenters. The molecule has 0 radical (unpaired) electrons. The van der Waals surface area contributed by atoms with Crippen LogP contribution in [0, 0.1) is 25.5 Å². The van der Waals surface area contributed by atoms with Crippen LogP contribution >= 0.6 is 0 Å². The molecule has 1 N–H and O–H groups in total. The van der Waals surface area contributed by atoms with E-state index in [1.165, 1.54) is 19.1 Å². The van der Waals surface area contributed by atoms with Gasteiger partial charge in [0, 0.05) is 12.0 Å². The molecule has 0 saturated carbocycles. The Bertz CT molecular complexity index is 693. The topological polar surface area (TPSA) is 45.8 Å². The standard InChI is InChI=1S/C14H14F2N2O/c1-4-10-17-13(8(3)14(19)18-10)11-9(15)6-5-7(2)12(11)16/h5-6H,4H2,1-3H3,(H,17,18,19). The molecule has 0 amide bonds. The van der Waals surface area contributed by atoms with E-state index in [0.717, 1.165) is 0 Å². The second-order valence-corrected chi connectivity index (χ2v) is 4.39. The van der Waals surface area contributed by atoms with Crippen LogP contribution in [0.1, 0.15) is 23.9 Å². The lowest BCUT2D eigenvalue weighted by Crippen LogP contribution is -2.16. The normalized spacial score (nSPS) is 10.8. The zero-order valence-electron chi connectivity index (χ0n) is 11.0. The average Bonchev–Trinajstić information content (AvgIpc) is 2.39. The predicted octanol–water partition coefficient (Wildman–Crippen LogP) is 2.89. The van der Waals surface area contributed by atoms with Crippen molar-refractivity contribution in [3.63, 3.8) is 0 Å². The number of nitrogens with zero attached hydrogens (tertiary/aromatic N) is 1. The van der Waals surface area contributed by atoms with Crippen LogP contribution in [0.4, 0.5) is 8.78 Å². The molecule has 0 spiro atoms. The lowest BCUT2D eigenvalue weighted by atomic mass is 10.0. The van der Waals surface area contributed by atoms with Crippen LogP contribution in [0.3, 0.4) is 0 Å². The molecule has 1 aromatic carbocycles. The zero-order valence-corrected chi connectivity index (χ0v) is 11.0. The summed E-state index contributed by atoms with van der Waals surface area (Å²) in [6.07, 6.45) is 0.484. The fourth-order valence-electron chi connectivity index (χ4n) is 1.86. The number of hydrogen-bond acceptors (Lipinski definition) is 2. The molecule has 3 nitrogen and oxygen atoms in total. The summed E-state index contributed by atoms with van der Waals surface area (Å²) >= 11 is 0. The van der Waals surface area contributed by atoms with Crippen molar-refractivity contribution in [2.75, 3.05) is 0 Å². The smallest absolute Gasteiger partial charge is 0.254 e. The number of nitrogens with one attached hydrogen (secondary N) is 1. The van der Waals surface area contributed by atoms with Gasteiger partial charge in [-0.05, 0) is 25.5 Å². The molecule has 2 aromatic rings. The molecular weight excluding hydrogens is 250 g/mol. The SMILES string of the molecule is CCc1nc(-c2c(F)ccc(C)c2F)c(C)c(=O)[nH]1. The number of aromatic nitrogens is 2. The van der Waals surface area contributed by atoms with Gasteiger partial charge in [0.05, 0.1) is 11.3 Å². The quantitative estimate of drug-likeness (QED) is 0.906. The fourth-order valence-corrected chi connectivity index (χ4v) is 1.86. The molecule has 0 bridgehead atoms. The van der Waals surface area contributed by atoms with Crippen molar-refractivity contribution >= 4 is 0 Å². The Morgan fingerprint density at radius 1 is 1.26 bits per heavy atom. The second-order valence-electron chi connectivity index (χ2n) is 4.39. The van der Waals surface area contributed by atoms with Gasteiger partial charge < -0.3 is 4.98 Å². The monoisotopic (exact) mass is 264 g/mol. The van der Waals surface area contributed by atoms with Gasteiger partial charge in [-0.2, -0.15) is 0 Å². The maximum absolute atomic E-state index is 14.1. The molecule has 0 aliphatic rings. The van der Waals surface area contributed by atoms with Crippen LogP contribution < -0.4 is 5.56 Å². The average molecular weight is 264 g/mol. The first-order valence-electron chi connectivity index (χ1n) is 6.00. The Hall–Kier alpha value is -2.04. The molecule has 1 aromatic heterocycles. The van der Waals surface area contributed by atoms with Crippen molar-refractivity contribution in [2.24, 2.45) is 0 Å². The van der Waals surface area contributed by atoms with Crippen molar-refractivity contribution in [1.29, 1.82) is 0 Å². The molecule has 19 heavy (non-hydrogen) atoms. The first kappa shape index (κ1) is 13.4. The summed E-state index contributed by atoms with van der Waals surface area (Å²) in [5.74, 6) is -0.986. The minimum atomic E-state index is -0.716. The Balaban J connectivity index is 2.83. The summed E-state index contributed by atoms with van der Waals surface area (Å²) in [7, 11) is 0. The maximum atomic E-state index is 14.1. The molecule has 0 saturated heterocycles. The Morgan fingerprint density at radius 3 is 2.58 bits per heavy atom. The van der Waals surface area contributed by atoms with Gasteiger partial charge >= 0.3 is 0 Å². The van der Waals surface area contributed by atoms with Crippen molar-refractivity contribution in [2.45, 2.75) is 27.2 Å². The lowest BCUT2D eigenvalue weighted by Gasteiger charge is -2.10. The largest absolute Gasteiger partial charge is 0.310 e. The van der Waals surface area contributed by atoms with E-state index in [1.54, 1.807) is 13.8 Å². The van der Waals surface area contributed by atoms with E-state index in [1.807, 2.05) is 0 Å². The number of halogens is 2. The van der Waals surface area contributed by atoms with E-state index in [0.29, 0.717) is 17.8 Å². The fraction of sp³-hybridized carbons (Fsp3) is 0.286. The van der Waals surface area contributed by atoms with Crippen molar-refractivity contribution in [1.82, 2.24) is 9.97 Å². The van der Waals surface area contributed by atoms with E-state index in [2.05, 4.69) is 9.97 Å². The number of aromatic amines is 1. The highest BCUT2D eigenvalue weighted by Gasteiger charge is 2.19. The number of hydrogen-bond donors (Lipinski definition) is 1. The summed E-state index contributed by atoms with van der Waals surface area (Å²) in [6, 6.07) is 2.54. The summed E-state index contributed by atoms with van der Waals surface area (Å²) in [4.78, 5) is 18.5. The van der Waals surface area contributed by atoms with Gasteiger partial charge in [0.1, 0.15) is 17.5 Å². The minimum Gasteiger partial charge on any atom is -0.310 e. The Morgan fingerprint density at radius 2 is 1.95 bits per heavy atom. The van der Waals surface area contributed by atoms with Gasteiger partial charge in [-0.25, -0.2) is 13.8 Å². The first-order valence-corrected chi connectivity index (χ1v) is 6.00. The molecule has 0 unspecified atom stereocenters. The summed E-state index contributed by atoms with van der Waals surface area (Å²) < 4.78 is 28.0. The van der Waals surface area contributed by atoms with Crippen LogP contribution in [0.15, 0.2) is 16.9 Å². The van der Waals surface area contributed by atoms with E-state index in [4.69, 9.17) is 0 Å². The van der Waals surface area contributed by atoms with Crippen LogP contribution in [-0.4, -0.2) is 9.97 Å². The number of H-pyrrole nitrogens is 1. The highest BCUT2D eigenvalue weighted by molar-refractivity contribution is 5.64. The van der Waals surface area contributed by atoms with E-state index in [9.17, 15) is 13.6 Å². The third-order valence-electron chi connectivity index (χ3n) is 3.06. The van der Waals surface area contributed by atoms with Crippen LogP contribution in [0.2, 0.25) is 0 Å². The predicted molar refractivity (Wildman–Crippen MR) is 69.1 cm³/mol.